The summed E-state index contributed by atoms with van der Waals surface area (Å²) in [7, 11) is -11.2. The Hall–Kier alpha value is -6.36. The molecular formula is C102H162N6O12. The summed E-state index contributed by atoms with van der Waals surface area (Å²) in [5.41, 5.74) is -30.2. The third kappa shape index (κ3) is 31.1. The lowest BCUT2D eigenvalue weighted by atomic mass is 9.72. The molecule has 0 amide bonds. The molecule has 0 heterocycles. The standard InChI is InChI=1S/6C17H27NO2/c6*1-18(2)13-16(17(19)11-5-4-6-12-17)14-7-9-15(20-3)10-8-14/h6*7-10,16,19H,4-6,11-13H2,1-3H3/i1D3,2D3,3D3,4D2,5D2,6D2,11D2,12D2,13D2,16D;1D3,3D3,4D2,5D2,6D2,11D2,12D2,13D2,16D;1D3,2D3,3D3,4D2,5D2,6D2,11D2,12D2,16D;3D3,4D2,5D2,6D2,11D2,12D2,13D2,16D;1D3,3D3,4D2,5D2,6D2,11D2,12D2,16D;3D3,4D2,5D2,6D2,11D2,12D2,16D. The number of hydrogen-bond acceptors (Lipinski definition) is 18. The van der Waals surface area contributed by atoms with Crippen molar-refractivity contribution >= 4 is 0 Å². The van der Waals surface area contributed by atoms with E-state index in [1.54, 1.807) is 0 Å². The van der Waals surface area contributed by atoms with Crippen LogP contribution in [-0.4, -0.2) is 259 Å². The van der Waals surface area contributed by atoms with Crippen molar-refractivity contribution in [3.05, 3.63) is 179 Å². The molecule has 18 nitrogen and oxygen atoms in total. The Morgan fingerprint density at radius 1 is 0.250 bits per heavy atom. The van der Waals surface area contributed by atoms with Gasteiger partial charge in [0.15, 0.2) is 0 Å². The zero-order valence-electron chi connectivity index (χ0n) is 172. The fourth-order valence-corrected chi connectivity index (χ4v) is 10.4. The lowest BCUT2D eigenvalue weighted by molar-refractivity contribution is -0.0280. The second-order valence-electron chi connectivity index (χ2n) is 25.1. The molecule has 0 aromatic heterocycles. The first-order chi connectivity index (χ1) is 98.7. The second kappa shape index (κ2) is 50.0. The number of hydrogen-bond donors (Lipinski definition) is 6. The van der Waals surface area contributed by atoms with E-state index in [9.17, 15) is 37.5 Å². The lowest BCUT2D eigenvalue weighted by Crippen LogP contribution is -2.42. The fraction of sp³-hybridized carbons (Fsp3) is 0.647. The summed E-state index contributed by atoms with van der Waals surface area (Å²) < 4.78 is 897. The van der Waals surface area contributed by atoms with Gasteiger partial charge >= 0.3 is 0 Å². The van der Waals surface area contributed by atoms with Crippen molar-refractivity contribution in [3.63, 3.8) is 0 Å². The summed E-state index contributed by atoms with van der Waals surface area (Å²) in [6.07, 6.45) is -122. The topological polar surface area (TPSA) is 196 Å². The van der Waals surface area contributed by atoms with Crippen molar-refractivity contribution in [1.82, 2.24) is 29.4 Å². The Morgan fingerprint density at radius 2 is 0.425 bits per heavy atom. The van der Waals surface area contributed by atoms with E-state index >= 15 is 0 Å². The first-order valence-corrected chi connectivity index (χ1v) is 34.2. The van der Waals surface area contributed by atoms with Crippen LogP contribution in [0.2, 0.25) is 0 Å². The van der Waals surface area contributed by atoms with Crippen molar-refractivity contribution in [2.45, 2.75) is 260 Å². The van der Waals surface area contributed by atoms with E-state index < -0.39 is 433 Å². The third-order valence-electron chi connectivity index (χ3n) is 15.8. The first-order valence-electron chi connectivity index (χ1n) is 88.2. The highest BCUT2D eigenvalue weighted by atomic mass is 16.5. The highest BCUT2D eigenvalue weighted by Gasteiger charge is 2.45. The van der Waals surface area contributed by atoms with E-state index in [1.165, 1.54) is 19.0 Å². The van der Waals surface area contributed by atoms with E-state index in [4.69, 9.17) is 155 Å². The Bertz CT molecular complexity index is 8600. The minimum atomic E-state index is -4.80. The van der Waals surface area contributed by atoms with Gasteiger partial charge in [-0.3, -0.25) is 0 Å². The number of benzene rings is 6. The number of nitrogens with zero attached hydrogens (tertiary/aromatic N) is 6. The van der Waals surface area contributed by atoms with Gasteiger partial charge < -0.3 is 88.5 Å². The molecule has 120 heavy (non-hydrogen) atoms. The molecule has 0 saturated heterocycles. The Labute approximate surface area is 878 Å². The van der Waals surface area contributed by atoms with Crippen LogP contribution >= 0.6 is 0 Å². The van der Waals surface area contributed by atoms with Crippen LogP contribution in [0, 0.1) is 0 Å². The van der Waals surface area contributed by atoms with Crippen molar-refractivity contribution in [1.29, 1.82) is 0 Å². The van der Waals surface area contributed by atoms with Crippen LogP contribution in [0.25, 0.3) is 0 Å². The molecule has 0 radical (unpaired) electrons. The van der Waals surface area contributed by atoms with Crippen LogP contribution in [0.5, 0.6) is 34.5 Å². The van der Waals surface area contributed by atoms with Gasteiger partial charge in [-0.1, -0.05) is 188 Å². The molecule has 0 aliphatic heterocycles. The molecule has 6 saturated carbocycles. The number of likely N-dealkylation sites (N-methyl/N-ethyl adjacent to an activating group) is 6. The van der Waals surface area contributed by atoms with Gasteiger partial charge in [-0.2, -0.15) is 0 Å². The van der Waals surface area contributed by atoms with Gasteiger partial charge in [-0.05, 0) is 267 Å². The molecule has 672 valence electrons. The van der Waals surface area contributed by atoms with Gasteiger partial charge in [0.2, 0.25) is 0 Å². The van der Waals surface area contributed by atoms with E-state index in [1.807, 2.05) is 0 Å². The summed E-state index contributed by atoms with van der Waals surface area (Å²) in [4.78, 5) is 0.969. The predicted molar refractivity (Wildman–Crippen MR) is 494 cm³/mol. The minimum Gasteiger partial charge on any atom is -0.497 e. The predicted octanol–water partition coefficient (Wildman–Crippen LogP) is 18.2. The summed E-state index contributed by atoms with van der Waals surface area (Å²) in [6.45, 7) is -37.0. The number of aliphatic hydroxyl groups is 6. The van der Waals surface area contributed by atoms with Gasteiger partial charge in [-0.15, -0.1) is 0 Å². The zero-order valence-corrected chi connectivity index (χ0v) is 64.3. The number of methoxy groups -OCH3 is 6. The average molecular weight is 1770 g/mol. The Morgan fingerprint density at radius 3 is 0.617 bits per heavy atom. The average Bonchev–Trinajstić information content (AvgIpc) is 0.631. The quantitative estimate of drug-likeness (QED) is 0.0249. The SMILES string of the molecule is [2H]C([2H])([2H])Oc1ccc(C([2H])(C([2H])([2H])N(C([2H])([2H])[2H])C([2H])([2H])[2H])C2(O)C([2H])([2H])C([2H])([2H])C([2H])([2H])C([2H])([2H])C2([2H])[2H])cc1.[2H]C([2H])([2H])Oc1ccc(C([2H])(C([2H])([2H])N(C)C([2H])([2H])[2H])C2(O)C([2H])([2H])C([2H])([2H])C([2H])([2H])C([2H])([2H])C2([2H])[2H])cc1.[2H]C([2H])([2H])Oc1ccc(C([2H])(C([2H])([2H])N(C)C)C2(O)C([2H])([2H])C([2H])([2H])C([2H])([2H])C([2H])([2H])C2([2H])[2H])cc1.[2H]C([2H])([2H])Oc1ccc(C([2H])(CN(C([2H])([2H])[2H])C([2H])([2H])[2H])C2(O)C([2H])([2H])C([2H])([2H])C([2H])([2H])C([2H])([2H])C2([2H])[2H])cc1.[2H]C([2H])([2H])Oc1ccc(C([2H])(CN(C)C([2H])([2H])[2H])C2(O)C([2H])([2H])C([2H])([2H])C([2H])([2H])C([2H])([2H])C2([2H])[2H])cc1.[2H]C([2H])([2H])Oc1ccc(C([2H])(CN(C)C)C2(O)C([2H])([2H])C([2H])([2H])C([2H])([2H])C([2H])([2H])C2([2H])[2H])cc1. The molecule has 6 aromatic carbocycles. The van der Waals surface area contributed by atoms with Crippen molar-refractivity contribution in [2.24, 2.45) is 0 Å². The minimum absolute atomic E-state index is 0.141. The van der Waals surface area contributed by atoms with Gasteiger partial charge in [0, 0.05) is 198 Å². The Kier molecular flexibility index (Phi) is 11.6. The van der Waals surface area contributed by atoms with Crippen molar-refractivity contribution in [2.75, 3.05) is 165 Å². The van der Waals surface area contributed by atoms with Crippen LogP contribution < -0.4 is 28.4 Å². The third-order valence-corrected chi connectivity index (χ3v) is 15.8. The van der Waals surface area contributed by atoms with Crippen LogP contribution in [0.15, 0.2) is 146 Å². The summed E-state index contributed by atoms with van der Waals surface area (Å²) >= 11 is 0. The van der Waals surface area contributed by atoms with Crippen LogP contribution in [0.1, 0.15) is 408 Å². The smallest absolute Gasteiger partial charge is 0.118 e. The molecule has 12 rings (SSSR count). The second-order valence-corrected chi connectivity index (χ2v) is 25.1. The van der Waals surface area contributed by atoms with Gasteiger partial charge in [-0.25, -0.2) is 0 Å². The number of rotatable bonds is 30. The molecule has 6 fully saturated rings. The summed E-state index contributed by atoms with van der Waals surface area (Å²) in [5, 5.41) is 71.4. The van der Waals surface area contributed by atoms with Gasteiger partial charge in [0.1, 0.15) is 34.5 Å². The van der Waals surface area contributed by atoms with E-state index in [0.717, 1.165) is 130 Å². The molecule has 6 aromatic rings. The first kappa shape index (κ1) is 27.8. The normalized spacial score (nSPS) is 49.0. The summed E-state index contributed by atoms with van der Waals surface area (Å²) in [6, 6.07) is 20.0. The molecule has 6 unspecified atom stereocenters. The van der Waals surface area contributed by atoms with Crippen molar-refractivity contribution < 1.29 is 207 Å². The lowest BCUT2D eigenvalue weighted by Gasteiger charge is -2.40. The highest BCUT2D eigenvalue weighted by molar-refractivity contribution is 5.37. The van der Waals surface area contributed by atoms with Gasteiger partial charge in [0.25, 0.3) is 0 Å². The molecule has 6 aliphatic carbocycles. The van der Waals surface area contributed by atoms with Crippen LogP contribution in [0.4, 0.5) is 0 Å². The van der Waals surface area contributed by atoms with E-state index in [0.29, 0.717) is 53.2 Å². The van der Waals surface area contributed by atoms with Crippen molar-refractivity contribution in [3.8, 4) is 34.5 Å². The highest BCUT2D eigenvalue weighted by Crippen LogP contribution is 2.47. The zero-order chi connectivity index (χ0) is 182. The maximum atomic E-state index is 12.0. The Balaban J connectivity index is 0.000000361. The fourth-order valence-electron chi connectivity index (χ4n) is 10.4. The monoisotopic (exact) mass is 1770 g/mol. The van der Waals surface area contributed by atoms with E-state index in [2.05, 4.69) is 14.2 Å². The molecular weight excluding hydrogens is 1500 g/mol. The maximum absolute atomic E-state index is 12.0. The molecule has 18 heteroatoms. The molecule has 6 aliphatic rings. The largest absolute Gasteiger partial charge is 0.497 e. The number of ether oxygens (including phenoxy) is 6. The molecule has 6 N–H and O–H groups in total. The molecule has 0 spiro atoms. The maximum Gasteiger partial charge on any atom is 0.118 e. The molecule has 0 bridgehead atoms. The molecule has 6 atom stereocenters. The summed E-state index contributed by atoms with van der Waals surface area (Å²) in [5.74, 6) is -23.8. The van der Waals surface area contributed by atoms with Crippen LogP contribution in [-0.2, 0) is 0 Å². The van der Waals surface area contributed by atoms with Crippen LogP contribution in [0.3, 0.4) is 0 Å². The van der Waals surface area contributed by atoms with Gasteiger partial charge in [0.05, 0.1) is 101 Å². The van der Waals surface area contributed by atoms with E-state index in [-0.39, 0.29) is 32.6 Å².